The van der Waals surface area contributed by atoms with Crippen LogP contribution >= 0.6 is 0 Å². The van der Waals surface area contributed by atoms with Gasteiger partial charge in [-0.1, -0.05) is 6.07 Å². The Morgan fingerprint density at radius 1 is 1.26 bits per heavy atom. The van der Waals surface area contributed by atoms with Gasteiger partial charge in [0.15, 0.2) is 11.5 Å². The van der Waals surface area contributed by atoms with Crippen LogP contribution in [0.2, 0.25) is 0 Å². The Labute approximate surface area is 134 Å². The molecule has 2 aromatic heterocycles. The third-order valence-electron chi connectivity index (χ3n) is 3.77. The van der Waals surface area contributed by atoms with Crippen molar-refractivity contribution in [2.24, 2.45) is 0 Å². The number of unbranched alkanes of at least 4 members (excludes halogenated alkanes) is 1. The van der Waals surface area contributed by atoms with Gasteiger partial charge in [-0.05, 0) is 49.4 Å². The molecule has 0 bridgehead atoms. The number of hydrogen-bond acceptors (Lipinski definition) is 6. The quantitative estimate of drug-likeness (QED) is 0.519. The van der Waals surface area contributed by atoms with Gasteiger partial charge in [0.05, 0.1) is 6.33 Å². The zero-order valence-corrected chi connectivity index (χ0v) is 13.0. The van der Waals surface area contributed by atoms with Crippen molar-refractivity contribution >= 4 is 28.6 Å². The van der Waals surface area contributed by atoms with Crippen LogP contribution in [0.1, 0.15) is 24.0 Å². The molecule has 0 aliphatic heterocycles. The van der Waals surface area contributed by atoms with E-state index in [0.717, 1.165) is 24.9 Å². The van der Waals surface area contributed by atoms with E-state index in [-0.39, 0.29) is 6.61 Å². The number of aryl methyl sites for hydroxylation is 2. The van der Waals surface area contributed by atoms with Crippen LogP contribution in [0, 0.1) is 6.92 Å². The molecule has 0 unspecified atom stereocenters. The van der Waals surface area contributed by atoms with Crippen molar-refractivity contribution in [3.05, 3.63) is 35.7 Å². The molecule has 0 atom stereocenters. The summed E-state index contributed by atoms with van der Waals surface area (Å²) in [5, 5.41) is 12.1. The normalized spacial score (nSPS) is 11.0. The molecular weight excluding hydrogens is 292 g/mol. The average molecular weight is 312 g/mol. The second kappa shape index (κ2) is 6.62. The summed E-state index contributed by atoms with van der Waals surface area (Å²) in [5.74, 6) is 0.789. The first-order valence-corrected chi connectivity index (χ1v) is 7.61. The molecule has 0 amide bonds. The number of imidazole rings is 1. The Morgan fingerprint density at radius 3 is 2.96 bits per heavy atom. The van der Waals surface area contributed by atoms with Crippen LogP contribution in [-0.4, -0.2) is 31.6 Å². The lowest BCUT2D eigenvalue weighted by Crippen LogP contribution is -2.02. The molecule has 2 heterocycles. The second-order valence-corrected chi connectivity index (χ2v) is 5.48. The summed E-state index contributed by atoms with van der Waals surface area (Å²) in [6.45, 7) is 2.32. The van der Waals surface area contributed by atoms with E-state index in [1.54, 1.807) is 6.33 Å². The SMILES string of the molecule is Cc1ccc(Nc2nc(N)c3[nH]cnc3n2)cc1CCCCO. The number of nitrogens with two attached hydrogens (primary N) is 1. The molecule has 0 radical (unpaired) electrons. The number of H-pyrrole nitrogens is 1. The summed E-state index contributed by atoms with van der Waals surface area (Å²) in [4.78, 5) is 15.6. The number of benzene rings is 1. The summed E-state index contributed by atoms with van der Waals surface area (Å²) in [6.07, 6.45) is 4.25. The molecule has 1 aromatic carbocycles. The highest BCUT2D eigenvalue weighted by molar-refractivity contribution is 5.82. The highest BCUT2D eigenvalue weighted by atomic mass is 16.2. The number of hydrogen-bond donors (Lipinski definition) is 4. The number of aliphatic hydroxyl groups is 1. The van der Waals surface area contributed by atoms with E-state index < -0.39 is 0 Å². The van der Waals surface area contributed by atoms with Crippen LogP contribution in [-0.2, 0) is 6.42 Å². The number of aromatic amines is 1. The summed E-state index contributed by atoms with van der Waals surface area (Å²) in [7, 11) is 0. The molecule has 3 rings (SSSR count). The van der Waals surface area contributed by atoms with Crippen molar-refractivity contribution < 1.29 is 5.11 Å². The molecule has 23 heavy (non-hydrogen) atoms. The lowest BCUT2D eigenvalue weighted by Gasteiger charge is -2.10. The summed E-state index contributed by atoms with van der Waals surface area (Å²) < 4.78 is 0. The number of rotatable bonds is 6. The van der Waals surface area contributed by atoms with Crippen LogP contribution in [0.15, 0.2) is 24.5 Å². The average Bonchev–Trinajstić information content (AvgIpc) is 2.99. The lowest BCUT2D eigenvalue weighted by atomic mass is 10.0. The van der Waals surface area contributed by atoms with Crippen molar-refractivity contribution in [1.82, 2.24) is 19.9 Å². The lowest BCUT2D eigenvalue weighted by molar-refractivity contribution is 0.284. The molecular formula is C16H20N6O. The van der Waals surface area contributed by atoms with Crippen LogP contribution in [0.3, 0.4) is 0 Å². The highest BCUT2D eigenvalue weighted by Crippen LogP contribution is 2.22. The highest BCUT2D eigenvalue weighted by Gasteiger charge is 2.08. The minimum absolute atomic E-state index is 0.230. The molecule has 3 aromatic rings. The fourth-order valence-electron chi connectivity index (χ4n) is 2.49. The van der Waals surface area contributed by atoms with Gasteiger partial charge < -0.3 is 21.1 Å². The van der Waals surface area contributed by atoms with Gasteiger partial charge in [0.25, 0.3) is 0 Å². The maximum Gasteiger partial charge on any atom is 0.231 e. The maximum absolute atomic E-state index is 8.91. The largest absolute Gasteiger partial charge is 0.396 e. The third-order valence-corrected chi connectivity index (χ3v) is 3.77. The molecule has 7 nitrogen and oxygen atoms in total. The van der Waals surface area contributed by atoms with Crippen molar-refractivity contribution in [1.29, 1.82) is 0 Å². The number of nitrogen functional groups attached to an aromatic ring is 1. The van der Waals surface area contributed by atoms with Gasteiger partial charge in [-0.25, -0.2) is 4.98 Å². The van der Waals surface area contributed by atoms with Crippen molar-refractivity contribution in [2.45, 2.75) is 26.2 Å². The molecule has 7 heteroatoms. The molecule has 0 saturated heterocycles. The fraction of sp³-hybridized carbons (Fsp3) is 0.312. The number of aromatic nitrogens is 4. The Kier molecular flexibility index (Phi) is 4.38. The summed E-state index contributed by atoms with van der Waals surface area (Å²) >= 11 is 0. The standard InChI is InChI=1S/C16H20N6O/c1-10-5-6-12(8-11(10)4-2-3-7-23)20-16-21-14(17)13-15(22-16)19-9-18-13/h5-6,8-9,23H,2-4,7H2,1H3,(H4,17,18,19,20,21,22). The van der Waals surface area contributed by atoms with Gasteiger partial charge in [-0.3, -0.25) is 0 Å². The van der Waals surface area contributed by atoms with Gasteiger partial charge in [-0.15, -0.1) is 0 Å². The van der Waals surface area contributed by atoms with Crippen molar-refractivity contribution in [3.63, 3.8) is 0 Å². The summed E-state index contributed by atoms with van der Waals surface area (Å²) in [6, 6.07) is 6.13. The Morgan fingerprint density at radius 2 is 2.13 bits per heavy atom. The Bertz CT molecular complexity index is 813. The van der Waals surface area contributed by atoms with E-state index in [0.29, 0.717) is 22.9 Å². The minimum Gasteiger partial charge on any atom is -0.396 e. The van der Waals surface area contributed by atoms with E-state index in [9.17, 15) is 0 Å². The smallest absolute Gasteiger partial charge is 0.231 e. The van der Waals surface area contributed by atoms with Gasteiger partial charge in [0.2, 0.25) is 5.95 Å². The monoisotopic (exact) mass is 312 g/mol. The first kappa shape index (κ1) is 15.2. The van der Waals surface area contributed by atoms with E-state index in [1.165, 1.54) is 11.1 Å². The predicted octanol–water partition coefficient (Wildman–Crippen LogP) is 2.30. The van der Waals surface area contributed by atoms with Crippen molar-refractivity contribution in [2.75, 3.05) is 17.7 Å². The van der Waals surface area contributed by atoms with Crippen LogP contribution in [0.25, 0.3) is 11.2 Å². The molecule has 0 fully saturated rings. The number of aliphatic hydroxyl groups excluding tert-OH is 1. The Hall–Kier alpha value is -2.67. The van der Waals surface area contributed by atoms with E-state index in [1.807, 2.05) is 6.07 Å². The zero-order chi connectivity index (χ0) is 16.2. The summed E-state index contributed by atoms with van der Waals surface area (Å²) in [5.41, 5.74) is 10.5. The minimum atomic E-state index is 0.230. The molecule has 0 aliphatic rings. The first-order valence-electron chi connectivity index (χ1n) is 7.61. The zero-order valence-electron chi connectivity index (χ0n) is 13.0. The second-order valence-electron chi connectivity index (χ2n) is 5.48. The number of nitrogens with zero attached hydrogens (tertiary/aromatic N) is 3. The number of fused-ring (bicyclic) bond motifs is 1. The third kappa shape index (κ3) is 3.40. The van der Waals surface area contributed by atoms with E-state index in [4.69, 9.17) is 10.8 Å². The van der Waals surface area contributed by atoms with Gasteiger partial charge in [0.1, 0.15) is 5.52 Å². The maximum atomic E-state index is 8.91. The molecule has 0 spiro atoms. The van der Waals surface area contributed by atoms with Gasteiger partial charge >= 0.3 is 0 Å². The van der Waals surface area contributed by atoms with Crippen LogP contribution < -0.4 is 11.1 Å². The van der Waals surface area contributed by atoms with E-state index in [2.05, 4.69) is 44.3 Å². The number of anilines is 3. The molecule has 0 saturated carbocycles. The van der Waals surface area contributed by atoms with Gasteiger partial charge in [-0.2, -0.15) is 9.97 Å². The van der Waals surface area contributed by atoms with Crippen LogP contribution in [0.5, 0.6) is 0 Å². The molecule has 120 valence electrons. The number of nitrogens with one attached hydrogen (secondary N) is 2. The van der Waals surface area contributed by atoms with Crippen LogP contribution in [0.4, 0.5) is 17.5 Å². The van der Waals surface area contributed by atoms with E-state index >= 15 is 0 Å². The van der Waals surface area contributed by atoms with Gasteiger partial charge in [0, 0.05) is 12.3 Å². The first-order chi connectivity index (χ1) is 11.2. The Balaban J connectivity index is 1.82. The topological polar surface area (TPSA) is 113 Å². The predicted molar refractivity (Wildman–Crippen MR) is 90.6 cm³/mol. The molecule has 5 N–H and O–H groups in total. The van der Waals surface area contributed by atoms with Crippen molar-refractivity contribution in [3.8, 4) is 0 Å². The fourth-order valence-corrected chi connectivity index (χ4v) is 2.49. The molecule has 0 aliphatic carbocycles.